The summed E-state index contributed by atoms with van der Waals surface area (Å²) in [5, 5.41) is 14.5. The lowest BCUT2D eigenvalue weighted by atomic mass is 9.82. The number of ketones is 4. The van der Waals surface area contributed by atoms with Gasteiger partial charge in [-0.1, -0.05) is 72.8 Å². The number of carbonyl (C=O) groups excluding carboxylic acids is 4. The molecule has 10 aromatic rings. The average molecular weight is 1570 g/mol. The molecule has 0 amide bonds. The molecule has 0 spiro atoms. The lowest BCUT2D eigenvalue weighted by molar-refractivity contribution is 0.0980. The summed E-state index contributed by atoms with van der Waals surface area (Å²) in [4.78, 5) is 74.0. The van der Waals surface area contributed by atoms with E-state index in [-0.39, 0.29) is 56.1 Å². The maximum atomic E-state index is 13.9. The number of anilines is 14. The molecule has 2 aliphatic carbocycles. The molecule has 104 heavy (non-hydrogen) atoms. The van der Waals surface area contributed by atoms with Crippen molar-refractivity contribution in [2.75, 3.05) is 43.4 Å². The third kappa shape index (κ3) is 14.6. The molecule has 2 aromatic heterocycles. The highest BCUT2D eigenvalue weighted by Gasteiger charge is 2.39. The normalized spacial score (nSPS) is 13.2. The van der Waals surface area contributed by atoms with Gasteiger partial charge in [-0.15, -0.1) is 0 Å². The van der Waals surface area contributed by atoms with Gasteiger partial charge in [0.25, 0.3) is 60.7 Å². The van der Waals surface area contributed by atoms with E-state index in [1.807, 2.05) is 0 Å². The number of carbonyl (C=O) groups is 4. The van der Waals surface area contributed by atoms with Crippen molar-refractivity contribution in [2.24, 2.45) is 0 Å². The van der Waals surface area contributed by atoms with E-state index in [9.17, 15) is 97.0 Å². The van der Waals surface area contributed by atoms with E-state index in [0.717, 1.165) is 84.9 Å². The molecule has 0 fully saturated rings. The Morgan fingerprint density at radius 3 is 0.894 bits per heavy atom. The van der Waals surface area contributed by atoms with Crippen LogP contribution in [-0.2, 0) is 60.7 Å². The molecule has 44 heteroatoms. The van der Waals surface area contributed by atoms with Crippen molar-refractivity contribution in [1.29, 1.82) is 0 Å². The van der Waals surface area contributed by atoms with E-state index >= 15 is 0 Å². The van der Waals surface area contributed by atoms with Crippen LogP contribution in [0.4, 0.5) is 80.7 Å². The highest BCUT2D eigenvalue weighted by atomic mass is 35.5. The van der Waals surface area contributed by atoms with Crippen molar-refractivity contribution in [1.82, 2.24) is 29.9 Å². The van der Waals surface area contributed by atoms with E-state index in [2.05, 4.69) is 61.8 Å². The second kappa shape index (κ2) is 26.5. The lowest BCUT2D eigenvalue weighted by Gasteiger charge is -2.24. The quantitative estimate of drug-likeness (QED) is 0.0194. The molecular weight excluding hydrogens is 1530 g/mol. The van der Waals surface area contributed by atoms with E-state index in [1.54, 1.807) is 0 Å². The summed E-state index contributed by atoms with van der Waals surface area (Å²) < 4.78 is 215. The van der Waals surface area contributed by atoms with Crippen LogP contribution in [0.15, 0.2) is 163 Å². The Labute approximate surface area is 595 Å². The first-order chi connectivity index (χ1) is 48.6. The number of benzene rings is 8. The van der Waals surface area contributed by atoms with Crippen LogP contribution in [0.5, 0.6) is 0 Å². The molecule has 0 saturated heterocycles. The van der Waals surface area contributed by atoms with E-state index in [0.29, 0.717) is 0 Å². The number of nitrogen functional groups attached to an aromatic ring is 2. The molecule has 16 N–H and O–H groups in total. The summed E-state index contributed by atoms with van der Waals surface area (Å²) in [5.74, 6) is -5.49. The van der Waals surface area contributed by atoms with Gasteiger partial charge in [-0.2, -0.15) is 80.4 Å². The van der Waals surface area contributed by atoms with Crippen LogP contribution < -0.4 is 43.4 Å². The smallest absolute Gasteiger partial charge is 0.296 e. The van der Waals surface area contributed by atoms with Crippen molar-refractivity contribution in [3.05, 3.63) is 200 Å². The molecule has 532 valence electrons. The fourth-order valence-corrected chi connectivity index (χ4v) is 15.2. The number of hydrogen-bond acceptors (Lipinski definition) is 30. The monoisotopic (exact) mass is 1570 g/mol. The largest absolute Gasteiger partial charge is 0.397 e. The molecule has 0 atom stereocenters. The Bertz CT molecular complexity index is 5920. The third-order valence-electron chi connectivity index (χ3n) is 15.3. The van der Waals surface area contributed by atoms with Crippen LogP contribution in [0.2, 0.25) is 10.6 Å². The van der Waals surface area contributed by atoms with Gasteiger partial charge >= 0.3 is 0 Å². The first kappa shape index (κ1) is 72.4. The Balaban J connectivity index is 0.792. The Morgan fingerprint density at radius 2 is 0.587 bits per heavy atom. The van der Waals surface area contributed by atoms with E-state index < -0.39 is 204 Å². The van der Waals surface area contributed by atoms with Gasteiger partial charge in [0.05, 0.1) is 56.4 Å². The predicted molar refractivity (Wildman–Crippen MR) is 371 cm³/mol. The molecule has 0 unspecified atom stereocenters. The number of halogens is 2. The minimum Gasteiger partial charge on any atom is -0.397 e. The van der Waals surface area contributed by atoms with Crippen molar-refractivity contribution >= 4 is 200 Å². The SMILES string of the molecule is Nc1c(S(=O)(=O)O)cc(Nc2ccc(S(=O)(=O)O)c(Nc3nc(Cl)nc(Nc4ccc(/C=C/c5ccc(Nc6nc(Cl)nc(Nc7cc(Nc8cc(S(=O)(=O)O)c(N)c9c8C(=O)c8ccccc8C9=O)ccc7S(=O)(=O)O)n6)cc5S(=O)(=O)O)c(S(=O)(=O)O)c4)n3)c2)c2c1C(=O)c1ccccc1C2=O. The van der Waals surface area contributed by atoms with E-state index in [4.69, 9.17) is 34.7 Å². The number of rotatable bonds is 20. The van der Waals surface area contributed by atoms with Crippen LogP contribution in [0.25, 0.3) is 12.2 Å². The molecule has 12 rings (SSSR count). The Kier molecular flexibility index (Phi) is 18.4. The van der Waals surface area contributed by atoms with E-state index in [1.165, 1.54) is 60.7 Å². The molecule has 2 aliphatic rings. The summed E-state index contributed by atoms with van der Waals surface area (Å²) in [6.07, 6.45) is 2.03. The number of fused-ring (bicyclic) bond motifs is 4. The topological polar surface area (TPSA) is 596 Å². The third-order valence-corrected chi connectivity index (χ3v) is 21.0. The van der Waals surface area contributed by atoms with Crippen LogP contribution in [0, 0.1) is 0 Å². The molecular formula is C60H40Cl2N14O22S6. The van der Waals surface area contributed by atoms with Gasteiger partial charge < -0.3 is 43.4 Å². The maximum absolute atomic E-state index is 13.9. The van der Waals surface area contributed by atoms with Crippen molar-refractivity contribution < 1.29 is 97.0 Å². The van der Waals surface area contributed by atoms with Crippen LogP contribution in [-0.4, -0.2) is 131 Å². The predicted octanol–water partition coefficient (Wildman–Crippen LogP) is 8.19. The minimum atomic E-state index is -5.21. The molecule has 8 aromatic carbocycles. The first-order valence-corrected chi connectivity index (χ1v) is 37.8. The van der Waals surface area contributed by atoms with Gasteiger partial charge in [-0.25, -0.2) is 0 Å². The van der Waals surface area contributed by atoms with Crippen LogP contribution >= 0.6 is 23.2 Å². The minimum absolute atomic E-state index is 0.0901. The highest BCUT2D eigenvalue weighted by molar-refractivity contribution is 7.87. The zero-order valence-corrected chi connectivity index (χ0v) is 57.5. The summed E-state index contributed by atoms with van der Waals surface area (Å²) in [5.41, 5.74) is 4.97. The van der Waals surface area contributed by atoms with Gasteiger partial charge in [0, 0.05) is 45.0 Å². The van der Waals surface area contributed by atoms with Gasteiger partial charge in [-0.3, -0.25) is 46.5 Å². The number of nitrogens with one attached hydrogen (secondary N) is 6. The second-order valence-electron chi connectivity index (χ2n) is 21.9. The zero-order valence-electron chi connectivity index (χ0n) is 51.1. The maximum Gasteiger partial charge on any atom is 0.296 e. The van der Waals surface area contributed by atoms with Crippen LogP contribution in [0.3, 0.4) is 0 Å². The number of nitrogens with two attached hydrogens (primary N) is 2. The van der Waals surface area contributed by atoms with Gasteiger partial charge in [-0.05, 0) is 107 Å². The summed E-state index contributed by atoms with van der Waals surface area (Å²) in [6.45, 7) is 0. The number of aromatic nitrogens is 6. The average Bonchev–Trinajstić information content (AvgIpc) is 0.732. The molecule has 0 aliphatic heterocycles. The Hall–Kier alpha value is -11.4. The van der Waals surface area contributed by atoms with Crippen molar-refractivity contribution in [3.8, 4) is 0 Å². The first-order valence-electron chi connectivity index (χ1n) is 28.4. The standard InChI is InChI=1S/C60H40Cl2N14O22S6/c61-55-71-57(75-59(73-55)69-35-19-27(15-17-39(35)99(81,82)83)65-37-23-43(103(93,94)95)49(63)47-45(37)51(77)31-5-1-3-7-33(31)53(47)79)67-29-13-11-25(41(21-29)101(87,88)89)9-10-26-12-14-30(22-42(26)102(90,91)92)68-58-72-56(62)74-60(76-58)70-36-20-28(16-18-40(36)100(84,85)86)66-38-24-44(104(96,97)98)50(64)48-46(38)52(78)32-6-2-4-8-34(32)54(48)80/h1-24,65-66H,63-64H2,(H,81,82,83)(H,84,85,86)(H,87,88,89)(H,90,91,92)(H,93,94,95)(H,96,97,98)(H2,67,69,71,73,75)(H2,68,70,72,74,76)/b10-9+. The molecule has 0 radical (unpaired) electrons. The molecule has 2 heterocycles. The van der Waals surface area contributed by atoms with Gasteiger partial charge in [0.2, 0.25) is 34.4 Å². The summed E-state index contributed by atoms with van der Waals surface area (Å²) in [7, 11) is -31.1. The second-order valence-corrected chi connectivity index (χ2v) is 31.0. The Morgan fingerprint density at radius 1 is 0.308 bits per heavy atom. The van der Waals surface area contributed by atoms with Crippen LogP contribution in [0.1, 0.15) is 74.8 Å². The van der Waals surface area contributed by atoms with Crippen molar-refractivity contribution in [3.63, 3.8) is 0 Å². The molecule has 0 saturated carbocycles. The summed E-state index contributed by atoms with van der Waals surface area (Å²) in [6, 6.07) is 24.7. The van der Waals surface area contributed by atoms with Gasteiger partial charge in [0.15, 0.2) is 23.1 Å². The number of nitrogens with zero attached hydrogens (tertiary/aromatic N) is 6. The summed E-state index contributed by atoms with van der Waals surface area (Å²) >= 11 is 12.5. The van der Waals surface area contributed by atoms with Gasteiger partial charge in [0.1, 0.15) is 29.4 Å². The fourth-order valence-electron chi connectivity index (χ4n) is 10.9. The van der Waals surface area contributed by atoms with Crippen molar-refractivity contribution in [2.45, 2.75) is 29.4 Å². The molecule has 36 nitrogen and oxygen atoms in total. The fraction of sp³-hybridized carbons (Fsp3) is 0. The number of hydrogen-bond donors (Lipinski definition) is 14. The highest BCUT2D eigenvalue weighted by Crippen LogP contribution is 2.44. The lowest BCUT2D eigenvalue weighted by Crippen LogP contribution is -2.25. The zero-order chi connectivity index (χ0) is 75.2. The molecule has 0 bridgehead atoms.